The summed E-state index contributed by atoms with van der Waals surface area (Å²) in [5, 5.41) is 2.45. The number of benzene rings is 2. The van der Waals surface area contributed by atoms with Crippen LogP contribution in [0.2, 0.25) is 0 Å². The fourth-order valence-corrected chi connectivity index (χ4v) is 1.43. The third-order valence-electron chi connectivity index (χ3n) is 2.30. The van der Waals surface area contributed by atoms with E-state index in [1.807, 2.05) is 42.5 Å². The first-order valence-corrected chi connectivity index (χ1v) is 5.28. The number of ether oxygens (including phenoxy) is 1. The Balaban J connectivity index is 1.93. The Bertz CT molecular complexity index is 465. The normalized spacial score (nSPS) is 9.65. The predicted molar refractivity (Wildman–Crippen MR) is 66.5 cm³/mol. The summed E-state index contributed by atoms with van der Waals surface area (Å²) in [7, 11) is 0. The van der Waals surface area contributed by atoms with E-state index < -0.39 is 0 Å². The van der Waals surface area contributed by atoms with E-state index in [-0.39, 0.29) is 0 Å². The van der Waals surface area contributed by atoms with Gasteiger partial charge in [-0.2, -0.15) is 0 Å². The molecule has 2 rings (SSSR count). The Labute approximate surface area is 100 Å². The second-order valence-electron chi connectivity index (χ2n) is 3.53. The molecule has 0 aliphatic rings. The summed E-state index contributed by atoms with van der Waals surface area (Å²) in [6.07, 6.45) is 1.62. The zero-order chi connectivity index (χ0) is 11.9. The van der Waals surface area contributed by atoms with Crippen LogP contribution in [-0.4, -0.2) is 6.41 Å². The van der Waals surface area contributed by atoms with Gasteiger partial charge in [0.05, 0.1) is 0 Å². The van der Waals surface area contributed by atoms with E-state index in [0.717, 1.165) is 11.3 Å². The molecule has 3 heteroatoms. The largest absolute Gasteiger partial charge is 0.489 e. The second-order valence-corrected chi connectivity index (χ2v) is 3.53. The van der Waals surface area contributed by atoms with Crippen molar-refractivity contribution in [2.24, 2.45) is 0 Å². The van der Waals surface area contributed by atoms with Gasteiger partial charge >= 0.3 is 6.41 Å². The maximum absolute atomic E-state index is 10.1. The summed E-state index contributed by atoms with van der Waals surface area (Å²) >= 11 is 0. The number of hydrogen-bond acceptors (Lipinski definition) is 2. The first kappa shape index (κ1) is 11.2. The van der Waals surface area contributed by atoms with Crippen molar-refractivity contribution >= 4 is 12.1 Å². The van der Waals surface area contributed by atoms with Crippen LogP contribution in [-0.2, 0) is 11.4 Å². The first-order valence-electron chi connectivity index (χ1n) is 5.28. The highest BCUT2D eigenvalue weighted by molar-refractivity contribution is 5.71. The molecule has 0 unspecified atom stereocenters. The standard InChI is InChI=1S/C14H12NO2/c16-11-15-13-6-8-14(9-7-13)17-10-12-4-2-1-3-5-12/h1-9H,10H2,(H,15,16). The molecule has 2 aromatic rings. The zero-order valence-corrected chi connectivity index (χ0v) is 9.22. The van der Waals surface area contributed by atoms with Crippen molar-refractivity contribution in [3.8, 4) is 5.75 Å². The molecule has 0 aliphatic carbocycles. The molecule has 3 nitrogen and oxygen atoms in total. The Morgan fingerprint density at radius 2 is 1.71 bits per heavy atom. The summed E-state index contributed by atoms with van der Waals surface area (Å²) in [4.78, 5) is 10.1. The molecule has 0 saturated heterocycles. The third kappa shape index (κ3) is 3.34. The van der Waals surface area contributed by atoms with Crippen LogP contribution in [0.4, 0.5) is 5.69 Å². The molecule has 0 saturated carbocycles. The smallest absolute Gasteiger partial charge is 0.314 e. The molecule has 85 valence electrons. The van der Waals surface area contributed by atoms with Crippen molar-refractivity contribution in [2.45, 2.75) is 6.61 Å². The first-order chi connectivity index (χ1) is 8.38. The van der Waals surface area contributed by atoms with Crippen LogP contribution in [0, 0.1) is 0 Å². The number of rotatable bonds is 5. The molecule has 0 fully saturated rings. The monoisotopic (exact) mass is 226 g/mol. The molecule has 0 aromatic heterocycles. The van der Waals surface area contributed by atoms with Crippen LogP contribution in [0.3, 0.4) is 0 Å². The van der Waals surface area contributed by atoms with Crippen molar-refractivity contribution in [3.63, 3.8) is 0 Å². The van der Waals surface area contributed by atoms with Gasteiger partial charge in [-0.25, -0.2) is 0 Å². The average molecular weight is 226 g/mol. The quantitative estimate of drug-likeness (QED) is 0.796. The maximum Gasteiger partial charge on any atom is 0.314 e. The van der Waals surface area contributed by atoms with Crippen molar-refractivity contribution < 1.29 is 9.53 Å². The number of hydrogen-bond donors (Lipinski definition) is 1. The molecule has 2 aromatic carbocycles. The van der Waals surface area contributed by atoms with Crippen molar-refractivity contribution in [1.82, 2.24) is 0 Å². The Morgan fingerprint density at radius 3 is 2.35 bits per heavy atom. The van der Waals surface area contributed by atoms with Crippen molar-refractivity contribution in [1.29, 1.82) is 0 Å². The lowest BCUT2D eigenvalue weighted by Crippen LogP contribution is -1.96. The van der Waals surface area contributed by atoms with Crippen molar-refractivity contribution in [2.75, 3.05) is 5.32 Å². The van der Waals surface area contributed by atoms with Gasteiger partial charge in [-0.05, 0) is 29.8 Å². The number of amides is 1. The number of carbonyl (C=O) groups excluding carboxylic acids is 1. The summed E-state index contributed by atoms with van der Waals surface area (Å²) in [5.74, 6) is 0.769. The average Bonchev–Trinajstić information content (AvgIpc) is 2.40. The highest BCUT2D eigenvalue weighted by Gasteiger charge is 1.96. The highest BCUT2D eigenvalue weighted by atomic mass is 16.5. The summed E-state index contributed by atoms with van der Waals surface area (Å²) in [6.45, 7) is 0.535. The fraction of sp³-hybridized carbons (Fsp3) is 0.0714. The van der Waals surface area contributed by atoms with Crippen LogP contribution < -0.4 is 10.1 Å². The molecule has 0 heterocycles. The molecule has 0 atom stereocenters. The van der Waals surface area contributed by atoms with Gasteiger partial charge in [0.1, 0.15) is 12.4 Å². The SMILES string of the molecule is O=[C]Nc1ccc(OCc2ccccc2)cc1. The molecule has 1 N–H and O–H groups in total. The summed E-state index contributed by atoms with van der Waals surface area (Å²) in [5.41, 5.74) is 1.82. The highest BCUT2D eigenvalue weighted by Crippen LogP contribution is 2.16. The van der Waals surface area contributed by atoms with E-state index in [2.05, 4.69) is 5.32 Å². The Hall–Kier alpha value is -2.29. The van der Waals surface area contributed by atoms with Gasteiger partial charge in [0.25, 0.3) is 0 Å². The van der Waals surface area contributed by atoms with E-state index in [9.17, 15) is 4.79 Å². The Kier molecular flexibility index (Phi) is 3.76. The van der Waals surface area contributed by atoms with E-state index in [1.54, 1.807) is 18.5 Å². The molecule has 0 aliphatic heterocycles. The zero-order valence-electron chi connectivity index (χ0n) is 9.22. The topological polar surface area (TPSA) is 38.3 Å². The van der Waals surface area contributed by atoms with Gasteiger partial charge in [-0.3, -0.25) is 4.79 Å². The molecule has 17 heavy (non-hydrogen) atoms. The van der Waals surface area contributed by atoms with Gasteiger partial charge < -0.3 is 10.1 Å². The number of anilines is 1. The van der Waals surface area contributed by atoms with Gasteiger partial charge in [-0.15, -0.1) is 0 Å². The Morgan fingerprint density at radius 1 is 1.00 bits per heavy atom. The third-order valence-corrected chi connectivity index (χ3v) is 2.30. The van der Waals surface area contributed by atoms with Crippen LogP contribution in [0.1, 0.15) is 5.56 Å². The van der Waals surface area contributed by atoms with Crippen LogP contribution in [0.25, 0.3) is 0 Å². The summed E-state index contributed by atoms with van der Waals surface area (Å²) < 4.78 is 5.60. The molecular weight excluding hydrogens is 214 g/mol. The van der Waals surface area contributed by atoms with Crippen molar-refractivity contribution in [3.05, 3.63) is 60.2 Å². The molecular formula is C14H12NO2. The maximum atomic E-state index is 10.1. The lowest BCUT2D eigenvalue weighted by atomic mass is 10.2. The second kappa shape index (κ2) is 5.70. The lowest BCUT2D eigenvalue weighted by molar-refractivity contribution is 0.306. The number of nitrogens with one attached hydrogen (secondary N) is 1. The van der Waals surface area contributed by atoms with E-state index in [1.165, 1.54) is 0 Å². The lowest BCUT2D eigenvalue weighted by Gasteiger charge is -2.06. The van der Waals surface area contributed by atoms with Crippen LogP contribution >= 0.6 is 0 Å². The van der Waals surface area contributed by atoms with E-state index >= 15 is 0 Å². The minimum atomic E-state index is 0.535. The van der Waals surface area contributed by atoms with Crippen LogP contribution in [0.15, 0.2) is 54.6 Å². The van der Waals surface area contributed by atoms with Gasteiger partial charge in [0, 0.05) is 5.69 Å². The molecule has 1 amide bonds. The fourth-order valence-electron chi connectivity index (χ4n) is 1.43. The van der Waals surface area contributed by atoms with Crippen LogP contribution in [0.5, 0.6) is 5.75 Å². The molecule has 0 spiro atoms. The predicted octanol–water partition coefficient (Wildman–Crippen LogP) is 2.74. The summed E-state index contributed by atoms with van der Waals surface area (Å²) in [6, 6.07) is 17.1. The molecule has 1 radical (unpaired) electrons. The minimum Gasteiger partial charge on any atom is -0.489 e. The van der Waals surface area contributed by atoms with Gasteiger partial charge in [0.2, 0.25) is 0 Å². The van der Waals surface area contributed by atoms with Gasteiger partial charge in [0.15, 0.2) is 0 Å². The van der Waals surface area contributed by atoms with E-state index in [0.29, 0.717) is 12.3 Å². The minimum absolute atomic E-state index is 0.535. The van der Waals surface area contributed by atoms with Gasteiger partial charge in [-0.1, -0.05) is 30.3 Å². The molecule has 0 bridgehead atoms. The van der Waals surface area contributed by atoms with E-state index in [4.69, 9.17) is 4.74 Å².